The number of nitrogens with one attached hydrogen (secondary N) is 1. The lowest BCUT2D eigenvalue weighted by Gasteiger charge is -2.15. The van der Waals surface area contributed by atoms with Crippen molar-refractivity contribution in [3.8, 4) is 0 Å². The summed E-state index contributed by atoms with van der Waals surface area (Å²) in [6.07, 6.45) is 4.05. The zero-order chi connectivity index (χ0) is 12.0. The molecule has 0 bridgehead atoms. The van der Waals surface area contributed by atoms with Gasteiger partial charge in [-0.2, -0.15) is 0 Å². The minimum atomic E-state index is 0.217. The molecule has 0 spiro atoms. The molecule has 0 radical (unpaired) electrons. The summed E-state index contributed by atoms with van der Waals surface area (Å²) in [5.74, 6) is 1.55. The topological polar surface area (TPSA) is 39.1 Å². The van der Waals surface area contributed by atoms with Crippen molar-refractivity contribution >= 4 is 5.95 Å². The second-order valence-electron chi connectivity index (χ2n) is 4.44. The monoisotopic (exact) mass is 225 g/mol. The molecule has 1 heterocycles. The fourth-order valence-corrected chi connectivity index (χ4v) is 1.60. The van der Waals surface area contributed by atoms with Crippen LogP contribution in [-0.2, 0) is 11.3 Å². The van der Waals surface area contributed by atoms with E-state index in [-0.39, 0.29) is 6.10 Å². The maximum Gasteiger partial charge on any atom is 0.202 e. The largest absolute Gasteiger partial charge is 0.377 e. The lowest BCUT2D eigenvalue weighted by molar-refractivity contribution is 0.0853. The van der Waals surface area contributed by atoms with E-state index in [9.17, 15) is 0 Å². The molecule has 0 fully saturated rings. The Bertz CT molecular complexity index is 296. The molecule has 1 aromatic rings. The standard InChI is InChI=1S/C12H23N3O/c1-5-16-11(4)8-14-12-13-6-7-15(12)9-10(2)3/h6-7,10-11H,5,8-9H2,1-4H3,(H,13,14). The Hall–Kier alpha value is -1.03. The summed E-state index contributed by atoms with van der Waals surface area (Å²) in [6, 6.07) is 0. The Labute approximate surface area is 98.0 Å². The average molecular weight is 225 g/mol. The second-order valence-corrected chi connectivity index (χ2v) is 4.44. The van der Waals surface area contributed by atoms with Gasteiger partial charge >= 0.3 is 0 Å². The van der Waals surface area contributed by atoms with E-state index in [1.165, 1.54) is 0 Å². The Morgan fingerprint density at radius 2 is 2.19 bits per heavy atom. The van der Waals surface area contributed by atoms with E-state index in [2.05, 4.69) is 35.6 Å². The van der Waals surface area contributed by atoms with Crippen LogP contribution in [0.25, 0.3) is 0 Å². The molecule has 1 unspecified atom stereocenters. The second kappa shape index (κ2) is 6.53. The number of aromatic nitrogens is 2. The van der Waals surface area contributed by atoms with Crippen LogP contribution < -0.4 is 5.32 Å². The van der Waals surface area contributed by atoms with Gasteiger partial charge in [0.2, 0.25) is 5.95 Å². The first kappa shape index (κ1) is 13.0. The predicted octanol–water partition coefficient (Wildman–Crippen LogP) is 2.38. The zero-order valence-corrected chi connectivity index (χ0v) is 10.7. The third kappa shape index (κ3) is 4.23. The van der Waals surface area contributed by atoms with Crippen LogP contribution in [-0.4, -0.2) is 28.8 Å². The molecular formula is C12H23N3O. The van der Waals surface area contributed by atoms with Gasteiger partial charge in [-0.3, -0.25) is 0 Å². The molecule has 0 amide bonds. The van der Waals surface area contributed by atoms with Crippen LogP contribution in [0.15, 0.2) is 12.4 Å². The van der Waals surface area contributed by atoms with Crippen molar-refractivity contribution in [2.24, 2.45) is 5.92 Å². The first-order chi connectivity index (χ1) is 7.63. The van der Waals surface area contributed by atoms with E-state index >= 15 is 0 Å². The molecule has 1 atom stereocenters. The third-order valence-electron chi connectivity index (χ3n) is 2.28. The molecule has 0 aromatic carbocycles. The molecule has 0 saturated heterocycles. The molecule has 1 N–H and O–H groups in total. The van der Waals surface area contributed by atoms with Gasteiger partial charge in [-0.25, -0.2) is 4.98 Å². The number of anilines is 1. The summed E-state index contributed by atoms with van der Waals surface area (Å²) in [5, 5.41) is 3.31. The first-order valence-electron chi connectivity index (χ1n) is 6.00. The van der Waals surface area contributed by atoms with E-state index in [1.54, 1.807) is 0 Å². The molecule has 4 nitrogen and oxygen atoms in total. The van der Waals surface area contributed by atoms with E-state index in [4.69, 9.17) is 4.74 Å². The van der Waals surface area contributed by atoms with E-state index < -0.39 is 0 Å². The summed E-state index contributed by atoms with van der Waals surface area (Å²) in [6.45, 7) is 11.0. The van der Waals surface area contributed by atoms with Crippen LogP contribution in [0.2, 0.25) is 0 Å². The molecule has 1 rings (SSSR count). The predicted molar refractivity (Wildman–Crippen MR) is 66.6 cm³/mol. The Balaban J connectivity index is 2.44. The summed E-state index contributed by atoms with van der Waals surface area (Å²) in [5.41, 5.74) is 0. The van der Waals surface area contributed by atoms with Crippen molar-refractivity contribution in [2.45, 2.75) is 40.3 Å². The van der Waals surface area contributed by atoms with Gasteiger partial charge in [0.05, 0.1) is 6.10 Å². The quantitative estimate of drug-likeness (QED) is 0.774. The first-order valence-corrected chi connectivity index (χ1v) is 6.00. The summed E-state index contributed by atoms with van der Waals surface area (Å²) in [7, 11) is 0. The molecule has 16 heavy (non-hydrogen) atoms. The fraction of sp³-hybridized carbons (Fsp3) is 0.750. The van der Waals surface area contributed by atoms with Crippen LogP contribution in [0, 0.1) is 5.92 Å². The molecule has 92 valence electrons. The fourth-order valence-electron chi connectivity index (χ4n) is 1.60. The molecule has 1 aromatic heterocycles. The maximum absolute atomic E-state index is 5.46. The van der Waals surface area contributed by atoms with Crippen LogP contribution >= 0.6 is 0 Å². The van der Waals surface area contributed by atoms with Crippen LogP contribution in [0.3, 0.4) is 0 Å². The number of hydrogen-bond donors (Lipinski definition) is 1. The van der Waals surface area contributed by atoms with Gasteiger partial charge in [-0.1, -0.05) is 13.8 Å². The highest BCUT2D eigenvalue weighted by molar-refractivity contribution is 5.25. The highest BCUT2D eigenvalue weighted by atomic mass is 16.5. The normalized spacial score (nSPS) is 13.1. The molecular weight excluding hydrogens is 202 g/mol. The van der Waals surface area contributed by atoms with Gasteiger partial charge in [0.25, 0.3) is 0 Å². The van der Waals surface area contributed by atoms with Gasteiger partial charge in [0.1, 0.15) is 0 Å². The van der Waals surface area contributed by atoms with Gasteiger partial charge < -0.3 is 14.6 Å². The average Bonchev–Trinajstić information content (AvgIpc) is 2.62. The Morgan fingerprint density at radius 1 is 1.44 bits per heavy atom. The summed E-state index contributed by atoms with van der Waals surface area (Å²) in [4.78, 5) is 4.30. The van der Waals surface area contributed by atoms with Crippen molar-refractivity contribution < 1.29 is 4.74 Å². The minimum Gasteiger partial charge on any atom is -0.377 e. The maximum atomic E-state index is 5.46. The van der Waals surface area contributed by atoms with Crippen molar-refractivity contribution in [1.29, 1.82) is 0 Å². The number of rotatable bonds is 7. The van der Waals surface area contributed by atoms with E-state index in [0.29, 0.717) is 5.92 Å². The third-order valence-corrected chi connectivity index (χ3v) is 2.28. The molecule has 0 aliphatic carbocycles. The van der Waals surface area contributed by atoms with Crippen molar-refractivity contribution in [2.75, 3.05) is 18.5 Å². The van der Waals surface area contributed by atoms with Gasteiger partial charge in [-0.05, 0) is 19.8 Å². The molecule has 0 saturated carbocycles. The van der Waals surface area contributed by atoms with Crippen molar-refractivity contribution in [3.05, 3.63) is 12.4 Å². The molecule has 0 aliphatic heterocycles. The summed E-state index contributed by atoms with van der Waals surface area (Å²) >= 11 is 0. The number of ether oxygens (including phenoxy) is 1. The SMILES string of the molecule is CCOC(C)CNc1nccn1CC(C)C. The van der Waals surface area contributed by atoms with Gasteiger partial charge in [0, 0.05) is 32.1 Å². The van der Waals surface area contributed by atoms with Crippen molar-refractivity contribution in [3.63, 3.8) is 0 Å². The lowest BCUT2D eigenvalue weighted by Crippen LogP contribution is -2.22. The minimum absolute atomic E-state index is 0.217. The lowest BCUT2D eigenvalue weighted by atomic mass is 10.2. The van der Waals surface area contributed by atoms with Crippen LogP contribution in [0.4, 0.5) is 5.95 Å². The summed E-state index contributed by atoms with van der Waals surface area (Å²) < 4.78 is 7.60. The van der Waals surface area contributed by atoms with E-state index in [1.807, 2.05) is 19.3 Å². The molecule has 4 heteroatoms. The number of hydrogen-bond acceptors (Lipinski definition) is 3. The number of imidazole rings is 1. The highest BCUT2D eigenvalue weighted by Gasteiger charge is 2.06. The zero-order valence-electron chi connectivity index (χ0n) is 10.7. The van der Waals surface area contributed by atoms with E-state index in [0.717, 1.165) is 25.6 Å². The van der Waals surface area contributed by atoms with Gasteiger partial charge in [-0.15, -0.1) is 0 Å². The van der Waals surface area contributed by atoms with Crippen LogP contribution in [0.5, 0.6) is 0 Å². The Morgan fingerprint density at radius 3 is 2.81 bits per heavy atom. The Kier molecular flexibility index (Phi) is 5.32. The highest BCUT2D eigenvalue weighted by Crippen LogP contribution is 2.08. The van der Waals surface area contributed by atoms with Gasteiger partial charge in [0.15, 0.2) is 0 Å². The smallest absolute Gasteiger partial charge is 0.202 e. The van der Waals surface area contributed by atoms with Crippen molar-refractivity contribution in [1.82, 2.24) is 9.55 Å². The number of nitrogens with zero attached hydrogens (tertiary/aromatic N) is 2. The van der Waals surface area contributed by atoms with Crippen LogP contribution in [0.1, 0.15) is 27.7 Å². The molecule has 0 aliphatic rings.